The van der Waals surface area contributed by atoms with Crippen LogP contribution in [-0.2, 0) is 11.2 Å². The summed E-state index contributed by atoms with van der Waals surface area (Å²) in [4.78, 5) is 12.6. The summed E-state index contributed by atoms with van der Waals surface area (Å²) in [6, 6.07) is 16.7. The number of benzene rings is 2. The molecule has 9 heteroatoms. The van der Waals surface area contributed by atoms with Crippen LogP contribution >= 0.6 is 11.3 Å². The van der Waals surface area contributed by atoms with E-state index in [2.05, 4.69) is 22.4 Å². The summed E-state index contributed by atoms with van der Waals surface area (Å²) in [5.41, 5.74) is 0.580. The molecule has 2 aromatic carbocycles. The zero-order chi connectivity index (χ0) is 24.9. The van der Waals surface area contributed by atoms with E-state index >= 15 is 0 Å². The molecule has 1 heterocycles. The lowest BCUT2D eigenvalue weighted by molar-refractivity contribution is -0.112. The molecule has 0 bridgehead atoms. The number of ether oxygens (including phenoxy) is 3. The van der Waals surface area contributed by atoms with E-state index in [1.54, 1.807) is 18.2 Å². The van der Waals surface area contributed by atoms with Crippen LogP contribution in [-0.4, -0.2) is 35.9 Å². The van der Waals surface area contributed by atoms with Crippen molar-refractivity contribution >= 4 is 28.5 Å². The minimum atomic E-state index is -0.540. The molecule has 3 rings (SSSR count). The van der Waals surface area contributed by atoms with Crippen LogP contribution in [0.25, 0.3) is 6.08 Å². The molecule has 0 unspecified atom stereocenters. The van der Waals surface area contributed by atoms with Gasteiger partial charge in [0, 0.05) is 6.42 Å². The van der Waals surface area contributed by atoms with Gasteiger partial charge in [-0.15, -0.1) is 10.2 Å². The van der Waals surface area contributed by atoms with Gasteiger partial charge < -0.3 is 14.2 Å². The quantitative estimate of drug-likeness (QED) is 0.196. The van der Waals surface area contributed by atoms with Crippen molar-refractivity contribution in [1.29, 1.82) is 5.26 Å². The number of amides is 1. The van der Waals surface area contributed by atoms with Crippen molar-refractivity contribution in [1.82, 2.24) is 10.2 Å². The van der Waals surface area contributed by atoms with E-state index in [9.17, 15) is 10.1 Å². The van der Waals surface area contributed by atoms with Gasteiger partial charge in [0.25, 0.3) is 5.91 Å². The van der Waals surface area contributed by atoms with Crippen LogP contribution < -0.4 is 19.5 Å². The van der Waals surface area contributed by atoms with Gasteiger partial charge in [-0.25, -0.2) is 0 Å². The Morgan fingerprint density at radius 1 is 1.06 bits per heavy atom. The molecule has 3 aromatic rings. The lowest BCUT2D eigenvalue weighted by atomic mass is 10.1. The molecule has 0 radical (unpaired) electrons. The first-order valence-corrected chi connectivity index (χ1v) is 12.3. The van der Waals surface area contributed by atoms with Crippen molar-refractivity contribution < 1.29 is 19.0 Å². The summed E-state index contributed by atoms with van der Waals surface area (Å²) in [5, 5.41) is 21.5. The lowest BCUT2D eigenvalue weighted by Crippen LogP contribution is -2.13. The maximum absolute atomic E-state index is 12.6. The maximum Gasteiger partial charge on any atom is 0.268 e. The van der Waals surface area contributed by atoms with Gasteiger partial charge in [-0.2, -0.15) is 5.26 Å². The van der Waals surface area contributed by atoms with E-state index in [0.717, 1.165) is 30.0 Å². The summed E-state index contributed by atoms with van der Waals surface area (Å²) in [6.07, 6.45) is 4.38. The minimum absolute atomic E-state index is 0.0531. The smallest absolute Gasteiger partial charge is 0.268 e. The molecule has 8 nitrogen and oxygen atoms in total. The number of nitriles is 1. The molecule has 35 heavy (non-hydrogen) atoms. The van der Waals surface area contributed by atoms with Gasteiger partial charge in [-0.05, 0) is 49.2 Å². The molecule has 0 saturated carbocycles. The maximum atomic E-state index is 12.6. The Labute approximate surface area is 209 Å². The van der Waals surface area contributed by atoms with Crippen molar-refractivity contribution in [2.75, 3.05) is 25.1 Å². The van der Waals surface area contributed by atoms with Crippen LogP contribution in [0.4, 0.5) is 5.13 Å². The number of anilines is 1. The normalized spacial score (nSPS) is 10.9. The average molecular weight is 493 g/mol. The summed E-state index contributed by atoms with van der Waals surface area (Å²) in [6.45, 7) is 5.12. The fourth-order valence-corrected chi connectivity index (χ4v) is 3.82. The van der Waals surface area contributed by atoms with Crippen molar-refractivity contribution in [3.8, 4) is 23.3 Å². The van der Waals surface area contributed by atoms with Gasteiger partial charge in [0.15, 0.2) is 11.5 Å². The molecule has 0 atom stereocenters. The third-order valence-corrected chi connectivity index (χ3v) is 5.63. The van der Waals surface area contributed by atoms with Crippen LogP contribution in [0, 0.1) is 11.3 Å². The number of para-hydroxylation sites is 1. The second-order valence-electron chi connectivity index (χ2n) is 7.38. The zero-order valence-corrected chi connectivity index (χ0v) is 20.6. The van der Waals surface area contributed by atoms with Gasteiger partial charge in [0.2, 0.25) is 5.13 Å². The van der Waals surface area contributed by atoms with E-state index in [4.69, 9.17) is 14.2 Å². The number of carbonyl (C=O) groups excluding carboxylic acids is 1. The average Bonchev–Trinajstić information content (AvgIpc) is 3.32. The van der Waals surface area contributed by atoms with Gasteiger partial charge in [0.1, 0.15) is 35.6 Å². The lowest BCUT2D eigenvalue weighted by Gasteiger charge is -2.13. The largest absolute Gasteiger partial charge is 0.490 e. The third kappa shape index (κ3) is 8.12. The molecule has 0 aliphatic rings. The molecule has 1 aromatic heterocycles. The monoisotopic (exact) mass is 492 g/mol. The number of carbonyl (C=O) groups is 1. The van der Waals surface area contributed by atoms with Crippen LogP contribution in [0.15, 0.2) is 54.1 Å². The highest BCUT2D eigenvalue weighted by atomic mass is 32.1. The Balaban J connectivity index is 1.63. The molecule has 1 amide bonds. The number of rotatable bonds is 13. The predicted octanol–water partition coefficient (Wildman–Crippen LogP) is 5.28. The Bertz CT molecular complexity index is 1170. The fourth-order valence-electron chi connectivity index (χ4n) is 3.04. The van der Waals surface area contributed by atoms with Crippen molar-refractivity contribution in [3.63, 3.8) is 0 Å². The molecule has 0 spiro atoms. The highest BCUT2D eigenvalue weighted by molar-refractivity contribution is 7.15. The zero-order valence-electron chi connectivity index (χ0n) is 19.8. The van der Waals surface area contributed by atoms with Crippen LogP contribution in [0.3, 0.4) is 0 Å². The van der Waals surface area contributed by atoms with Crippen LogP contribution in [0.5, 0.6) is 17.2 Å². The highest BCUT2D eigenvalue weighted by Gasteiger charge is 2.14. The van der Waals surface area contributed by atoms with E-state index < -0.39 is 5.91 Å². The summed E-state index contributed by atoms with van der Waals surface area (Å²) >= 11 is 1.32. The van der Waals surface area contributed by atoms with E-state index in [1.165, 1.54) is 17.4 Å². The first kappa shape index (κ1) is 25.7. The number of unbranched alkanes of at least 4 members (excludes halogenated alkanes) is 1. The van der Waals surface area contributed by atoms with Gasteiger partial charge in [0.05, 0.1) is 6.61 Å². The van der Waals surface area contributed by atoms with Crippen LogP contribution in [0.1, 0.15) is 37.3 Å². The number of hydrogen-bond donors (Lipinski definition) is 1. The SMILES string of the molecule is CCCCc1nnc(NC(=O)C(C#N)=Cc2ccc(OCCOc3ccccc3)c(OCC)c2)s1. The van der Waals surface area contributed by atoms with Crippen molar-refractivity contribution in [3.05, 3.63) is 64.7 Å². The van der Waals surface area contributed by atoms with E-state index in [-0.39, 0.29) is 5.57 Å². The number of aryl methyl sites for hydroxylation is 1. The number of nitrogens with one attached hydrogen (secondary N) is 1. The topological polar surface area (TPSA) is 106 Å². The van der Waals surface area contributed by atoms with E-state index in [1.807, 2.05) is 43.3 Å². The fraction of sp³-hybridized carbons (Fsp3) is 0.308. The van der Waals surface area contributed by atoms with Gasteiger partial charge in [-0.1, -0.05) is 48.9 Å². The Morgan fingerprint density at radius 3 is 2.60 bits per heavy atom. The Kier molecular flexibility index (Phi) is 10.1. The summed E-state index contributed by atoms with van der Waals surface area (Å²) in [5.74, 6) is 1.30. The molecule has 0 aliphatic heterocycles. The second-order valence-corrected chi connectivity index (χ2v) is 8.44. The number of aromatic nitrogens is 2. The third-order valence-electron chi connectivity index (χ3n) is 4.73. The first-order chi connectivity index (χ1) is 17.1. The number of nitrogens with zero attached hydrogens (tertiary/aromatic N) is 3. The molecule has 182 valence electrons. The van der Waals surface area contributed by atoms with E-state index in [0.29, 0.717) is 42.0 Å². The standard InChI is InChI=1S/C26H28N4O4S/c1-3-5-11-24-29-30-26(35-24)28-25(31)20(18-27)16-19-12-13-22(23(17-19)32-4-2)34-15-14-33-21-9-7-6-8-10-21/h6-10,12-13,16-17H,3-5,11,14-15H2,1-2H3,(H,28,30,31). The molecular weight excluding hydrogens is 464 g/mol. The first-order valence-electron chi connectivity index (χ1n) is 11.5. The Morgan fingerprint density at radius 2 is 1.86 bits per heavy atom. The van der Waals surface area contributed by atoms with Crippen molar-refractivity contribution in [2.45, 2.75) is 33.1 Å². The molecule has 0 fully saturated rings. The molecule has 0 saturated heterocycles. The molecular formula is C26H28N4O4S. The minimum Gasteiger partial charge on any atom is -0.490 e. The second kappa shape index (κ2) is 13.7. The van der Waals surface area contributed by atoms with Crippen LogP contribution in [0.2, 0.25) is 0 Å². The van der Waals surface area contributed by atoms with Gasteiger partial charge >= 0.3 is 0 Å². The summed E-state index contributed by atoms with van der Waals surface area (Å²) in [7, 11) is 0. The highest BCUT2D eigenvalue weighted by Crippen LogP contribution is 2.29. The van der Waals surface area contributed by atoms with Gasteiger partial charge in [-0.3, -0.25) is 10.1 Å². The molecule has 1 N–H and O–H groups in total. The number of hydrogen-bond acceptors (Lipinski definition) is 8. The molecule has 0 aliphatic carbocycles. The summed E-state index contributed by atoms with van der Waals surface area (Å²) < 4.78 is 17.2. The van der Waals surface area contributed by atoms with Crippen molar-refractivity contribution in [2.24, 2.45) is 0 Å². The Hall–Kier alpha value is -3.90. The predicted molar refractivity (Wildman–Crippen MR) is 136 cm³/mol.